The molecular formula is C19H17NO3. The summed E-state index contributed by atoms with van der Waals surface area (Å²) in [6, 6.07) is 14.1. The van der Waals surface area contributed by atoms with Crippen molar-refractivity contribution in [2.45, 2.75) is 0 Å². The Morgan fingerprint density at radius 1 is 1.04 bits per heavy atom. The number of hydrogen-bond donors (Lipinski definition) is 1. The highest BCUT2D eigenvalue weighted by Gasteiger charge is 2.03. The number of amides is 1. The van der Waals surface area contributed by atoms with Crippen molar-refractivity contribution in [2.24, 2.45) is 0 Å². The Hall–Kier alpha value is -3.14. The number of allylic oxidation sites excluding steroid dienone is 1. The molecule has 2 aromatic rings. The molecule has 0 radical (unpaired) electrons. The van der Waals surface area contributed by atoms with Gasteiger partial charge >= 0.3 is 0 Å². The minimum absolute atomic E-state index is 0.109. The van der Waals surface area contributed by atoms with E-state index in [4.69, 9.17) is 4.74 Å². The number of hydrogen-bond acceptors (Lipinski definition) is 3. The van der Waals surface area contributed by atoms with Crippen LogP contribution in [0.25, 0.3) is 6.08 Å². The summed E-state index contributed by atoms with van der Waals surface area (Å²) in [4.78, 5) is 23.3. The Kier molecular flexibility index (Phi) is 5.47. The summed E-state index contributed by atoms with van der Waals surface area (Å²) in [5.74, 6) is 0.372. The molecule has 0 unspecified atom stereocenters. The van der Waals surface area contributed by atoms with Crippen LogP contribution in [-0.2, 0) is 4.79 Å². The van der Waals surface area contributed by atoms with E-state index in [0.29, 0.717) is 11.3 Å². The van der Waals surface area contributed by atoms with Crippen LogP contribution in [0.4, 0.5) is 5.69 Å². The molecule has 0 atom stereocenters. The lowest BCUT2D eigenvalue weighted by Crippen LogP contribution is -2.07. The van der Waals surface area contributed by atoms with E-state index in [1.54, 1.807) is 37.5 Å². The second-order valence-electron chi connectivity index (χ2n) is 4.74. The van der Waals surface area contributed by atoms with E-state index in [1.165, 1.54) is 12.2 Å². The SMILES string of the molecule is C=CC(=O)Nc1ccc(C(=O)/C=C/c2ccc(OC)cc2)cc1. The summed E-state index contributed by atoms with van der Waals surface area (Å²) >= 11 is 0. The Bertz CT molecular complexity index is 728. The van der Waals surface area contributed by atoms with E-state index in [0.717, 1.165) is 11.3 Å². The van der Waals surface area contributed by atoms with Gasteiger partial charge in [0.15, 0.2) is 5.78 Å². The number of methoxy groups -OCH3 is 1. The molecule has 2 aromatic carbocycles. The average Bonchev–Trinajstić information content (AvgIpc) is 2.60. The smallest absolute Gasteiger partial charge is 0.247 e. The number of anilines is 1. The van der Waals surface area contributed by atoms with Crippen LogP contribution in [-0.4, -0.2) is 18.8 Å². The second kappa shape index (κ2) is 7.75. The summed E-state index contributed by atoms with van der Waals surface area (Å²) in [6.45, 7) is 3.38. The van der Waals surface area contributed by atoms with Gasteiger partial charge in [0, 0.05) is 11.3 Å². The third kappa shape index (κ3) is 4.68. The lowest BCUT2D eigenvalue weighted by Gasteiger charge is -2.03. The predicted octanol–water partition coefficient (Wildman–Crippen LogP) is 3.72. The molecule has 1 amide bonds. The van der Waals surface area contributed by atoms with E-state index >= 15 is 0 Å². The molecule has 0 bridgehead atoms. The molecule has 2 rings (SSSR count). The number of carbonyl (C=O) groups excluding carboxylic acids is 2. The first-order chi connectivity index (χ1) is 11.1. The molecular weight excluding hydrogens is 290 g/mol. The fourth-order valence-electron chi connectivity index (χ4n) is 1.89. The average molecular weight is 307 g/mol. The molecule has 116 valence electrons. The van der Waals surface area contributed by atoms with Gasteiger partial charge in [0.05, 0.1) is 7.11 Å². The molecule has 4 heteroatoms. The summed E-state index contributed by atoms with van der Waals surface area (Å²) in [5, 5.41) is 2.63. The topological polar surface area (TPSA) is 55.4 Å². The molecule has 4 nitrogen and oxygen atoms in total. The van der Waals surface area contributed by atoms with E-state index in [1.807, 2.05) is 24.3 Å². The van der Waals surface area contributed by atoms with Crippen molar-refractivity contribution in [3.8, 4) is 5.75 Å². The Labute approximate surface area is 135 Å². The van der Waals surface area contributed by atoms with Crippen molar-refractivity contribution >= 4 is 23.5 Å². The molecule has 0 fully saturated rings. The van der Waals surface area contributed by atoms with Crippen molar-refractivity contribution in [1.82, 2.24) is 0 Å². The van der Waals surface area contributed by atoms with Crippen molar-refractivity contribution in [2.75, 3.05) is 12.4 Å². The van der Waals surface area contributed by atoms with Crippen LogP contribution >= 0.6 is 0 Å². The molecule has 0 aliphatic heterocycles. The van der Waals surface area contributed by atoms with Crippen LogP contribution < -0.4 is 10.1 Å². The lowest BCUT2D eigenvalue weighted by atomic mass is 10.1. The first kappa shape index (κ1) is 16.2. The zero-order chi connectivity index (χ0) is 16.7. The normalized spacial score (nSPS) is 10.3. The standard InChI is InChI=1S/C19H17NO3/c1-3-19(22)20-16-9-7-15(8-10-16)18(21)13-6-14-4-11-17(23-2)12-5-14/h3-13H,1H2,2H3,(H,20,22)/b13-6+. The number of benzene rings is 2. The fraction of sp³-hybridized carbons (Fsp3) is 0.0526. The first-order valence-corrected chi connectivity index (χ1v) is 7.02. The zero-order valence-electron chi connectivity index (χ0n) is 12.8. The third-order valence-electron chi connectivity index (χ3n) is 3.17. The van der Waals surface area contributed by atoms with Crippen LogP contribution in [0.5, 0.6) is 5.75 Å². The first-order valence-electron chi connectivity index (χ1n) is 7.02. The Balaban J connectivity index is 2.03. The van der Waals surface area contributed by atoms with Crippen molar-refractivity contribution < 1.29 is 14.3 Å². The number of carbonyl (C=O) groups is 2. The molecule has 23 heavy (non-hydrogen) atoms. The van der Waals surface area contributed by atoms with Crippen molar-refractivity contribution in [3.63, 3.8) is 0 Å². The van der Waals surface area contributed by atoms with Crippen LogP contribution in [0.2, 0.25) is 0 Å². The van der Waals surface area contributed by atoms with E-state index < -0.39 is 0 Å². The Morgan fingerprint density at radius 3 is 2.26 bits per heavy atom. The zero-order valence-corrected chi connectivity index (χ0v) is 12.8. The number of nitrogens with one attached hydrogen (secondary N) is 1. The minimum atomic E-state index is -0.288. The summed E-state index contributed by atoms with van der Waals surface area (Å²) in [5.41, 5.74) is 2.07. The summed E-state index contributed by atoms with van der Waals surface area (Å²) < 4.78 is 5.08. The minimum Gasteiger partial charge on any atom is -0.497 e. The molecule has 0 aromatic heterocycles. The van der Waals surface area contributed by atoms with Crippen LogP contribution in [0.15, 0.2) is 67.3 Å². The van der Waals surface area contributed by atoms with E-state index in [-0.39, 0.29) is 11.7 Å². The van der Waals surface area contributed by atoms with E-state index in [2.05, 4.69) is 11.9 Å². The van der Waals surface area contributed by atoms with E-state index in [9.17, 15) is 9.59 Å². The number of ketones is 1. The van der Waals surface area contributed by atoms with Gasteiger partial charge in [-0.1, -0.05) is 24.8 Å². The fourth-order valence-corrected chi connectivity index (χ4v) is 1.89. The molecule has 0 saturated carbocycles. The number of rotatable bonds is 6. The number of ether oxygens (including phenoxy) is 1. The highest BCUT2D eigenvalue weighted by molar-refractivity contribution is 6.07. The molecule has 1 N–H and O–H groups in total. The highest BCUT2D eigenvalue weighted by atomic mass is 16.5. The molecule has 0 saturated heterocycles. The van der Waals surface area contributed by atoms with Crippen molar-refractivity contribution in [1.29, 1.82) is 0 Å². The maximum Gasteiger partial charge on any atom is 0.247 e. The van der Waals surface area contributed by atoms with Gasteiger partial charge in [0.25, 0.3) is 0 Å². The summed E-state index contributed by atoms with van der Waals surface area (Å²) in [6.07, 6.45) is 4.45. The maximum absolute atomic E-state index is 12.1. The molecule has 0 aliphatic rings. The summed E-state index contributed by atoms with van der Waals surface area (Å²) in [7, 11) is 1.61. The van der Waals surface area contributed by atoms with Gasteiger partial charge < -0.3 is 10.1 Å². The van der Waals surface area contributed by atoms with Crippen LogP contribution in [0.3, 0.4) is 0 Å². The van der Waals surface area contributed by atoms with Crippen LogP contribution in [0, 0.1) is 0 Å². The lowest BCUT2D eigenvalue weighted by molar-refractivity contribution is -0.111. The van der Waals surface area contributed by atoms with Crippen molar-refractivity contribution in [3.05, 3.63) is 78.4 Å². The van der Waals surface area contributed by atoms with Gasteiger partial charge in [0.1, 0.15) is 5.75 Å². The maximum atomic E-state index is 12.1. The van der Waals surface area contributed by atoms with Gasteiger partial charge in [-0.05, 0) is 54.1 Å². The second-order valence-corrected chi connectivity index (χ2v) is 4.74. The largest absolute Gasteiger partial charge is 0.497 e. The Morgan fingerprint density at radius 2 is 1.70 bits per heavy atom. The highest BCUT2D eigenvalue weighted by Crippen LogP contribution is 2.14. The quantitative estimate of drug-likeness (QED) is 0.653. The van der Waals surface area contributed by atoms with Gasteiger partial charge in [-0.2, -0.15) is 0 Å². The molecule has 0 spiro atoms. The van der Waals surface area contributed by atoms with Gasteiger partial charge in [-0.3, -0.25) is 9.59 Å². The third-order valence-corrected chi connectivity index (χ3v) is 3.17. The predicted molar refractivity (Wildman–Crippen MR) is 91.6 cm³/mol. The monoisotopic (exact) mass is 307 g/mol. The van der Waals surface area contributed by atoms with Gasteiger partial charge in [-0.25, -0.2) is 0 Å². The van der Waals surface area contributed by atoms with Crippen LogP contribution in [0.1, 0.15) is 15.9 Å². The molecule has 0 aliphatic carbocycles. The molecule has 0 heterocycles. The van der Waals surface area contributed by atoms with Gasteiger partial charge in [0.2, 0.25) is 5.91 Å². The van der Waals surface area contributed by atoms with Gasteiger partial charge in [-0.15, -0.1) is 0 Å².